The Balaban J connectivity index is 1.85. The van der Waals surface area contributed by atoms with Crippen LogP contribution in [0.5, 0.6) is 0 Å². The van der Waals surface area contributed by atoms with E-state index in [-0.39, 0.29) is 30.2 Å². The zero-order chi connectivity index (χ0) is 9.92. The average Bonchev–Trinajstić information content (AvgIpc) is 2.53. The molecule has 0 unspecified atom stereocenters. The largest absolute Gasteiger partial charge is 0.459 e. The lowest BCUT2D eigenvalue weighted by Gasteiger charge is -2.25. The fourth-order valence-electron chi connectivity index (χ4n) is 2.70. The summed E-state index contributed by atoms with van der Waals surface area (Å²) in [5.74, 6) is -0.556. The minimum absolute atomic E-state index is 0.0405. The molecular weight excluding hydrogens is 184 g/mol. The Labute approximate surface area is 82.5 Å². The van der Waals surface area contributed by atoms with Gasteiger partial charge in [-0.3, -0.25) is 4.79 Å². The van der Waals surface area contributed by atoms with Crippen molar-refractivity contribution in [1.82, 2.24) is 0 Å². The molecule has 1 aliphatic carbocycles. The Bertz CT molecular complexity index is 286. The molecule has 4 nitrogen and oxygen atoms in total. The molecule has 2 heterocycles. The molecule has 3 fully saturated rings. The summed E-state index contributed by atoms with van der Waals surface area (Å²) in [7, 11) is 0. The van der Waals surface area contributed by atoms with Crippen molar-refractivity contribution >= 4 is 5.97 Å². The first kappa shape index (κ1) is 8.68. The third-order valence-corrected chi connectivity index (χ3v) is 3.22. The summed E-state index contributed by atoms with van der Waals surface area (Å²) in [4.78, 5) is 11.3. The minimum Gasteiger partial charge on any atom is -0.459 e. The molecule has 0 aromatic rings. The van der Waals surface area contributed by atoms with Gasteiger partial charge in [-0.05, 0) is 20.3 Å². The molecule has 0 radical (unpaired) electrons. The number of rotatable bonds is 0. The molecule has 2 aliphatic heterocycles. The molecule has 4 heteroatoms. The first-order valence-electron chi connectivity index (χ1n) is 5.11. The highest BCUT2D eigenvalue weighted by atomic mass is 16.8. The maximum absolute atomic E-state index is 11.3. The van der Waals surface area contributed by atoms with Crippen LogP contribution in [0, 0.1) is 5.92 Å². The van der Waals surface area contributed by atoms with Crippen molar-refractivity contribution in [3.8, 4) is 0 Å². The van der Waals surface area contributed by atoms with Gasteiger partial charge in [0.05, 0.1) is 12.0 Å². The van der Waals surface area contributed by atoms with E-state index in [4.69, 9.17) is 14.2 Å². The van der Waals surface area contributed by atoms with E-state index in [0.29, 0.717) is 0 Å². The Hall–Kier alpha value is -0.610. The highest BCUT2D eigenvalue weighted by Gasteiger charge is 2.55. The quantitative estimate of drug-likeness (QED) is 0.541. The van der Waals surface area contributed by atoms with Gasteiger partial charge < -0.3 is 14.2 Å². The van der Waals surface area contributed by atoms with Crippen LogP contribution in [0.2, 0.25) is 0 Å². The van der Waals surface area contributed by atoms with Crippen molar-refractivity contribution in [2.24, 2.45) is 5.92 Å². The van der Waals surface area contributed by atoms with E-state index in [1.54, 1.807) is 0 Å². The van der Waals surface area contributed by atoms with Crippen molar-refractivity contribution < 1.29 is 19.0 Å². The van der Waals surface area contributed by atoms with Crippen molar-refractivity contribution in [1.29, 1.82) is 0 Å². The highest BCUT2D eigenvalue weighted by Crippen LogP contribution is 2.44. The summed E-state index contributed by atoms with van der Waals surface area (Å²) in [6.07, 6.45) is 1.48. The lowest BCUT2D eigenvalue weighted by Crippen LogP contribution is -2.38. The fraction of sp³-hybridized carbons (Fsp3) is 0.900. The van der Waals surface area contributed by atoms with Gasteiger partial charge in [0.15, 0.2) is 5.79 Å². The molecule has 1 saturated carbocycles. The molecule has 0 aromatic heterocycles. The smallest absolute Gasteiger partial charge is 0.309 e. The van der Waals surface area contributed by atoms with Crippen molar-refractivity contribution in [3.05, 3.63) is 0 Å². The maximum Gasteiger partial charge on any atom is 0.309 e. The van der Waals surface area contributed by atoms with Gasteiger partial charge in [0.2, 0.25) is 0 Å². The molecule has 2 saturated heterocycles. The molecule has 4 atom stereocenters. The minimum atomic E-state index is -0.522. The Morgan fingerprint density at radius 2 is 1.93 bits per heavy atom. The third kappa shape index (κ3) is 1.10. The van der Waals surface area contributed by atoms with Crippen molar-refractivity contribution in [2.75, 3.05) is 0 Å². The second-order valence-electron chi connectivity index (χ2n) is 4.78. The van der Waals surface area contributed by atoms with E-state index in [2.05, 4.69) is 0 Å². The van der Waals surface area contributed by atoms with Crippen LogP contribution in [0.3, 0.4) is 0 Å². The number of hydrogen-bond acceptors (Lipinski definition) is 4. The summed E-state index contributed by atoms with van der Waals surface area (Å²) < 4.78 is 16.7. The number of fused-ring (bicyclic) bond motifs is 4. The lowest BCUT2D eigenvalue weighted by atomic mass is 9.86. The summed E-state index contributed by atoms with van der Waals surface area (Å²) in [5, 5.41) is 0. The van der Waals surface area contributed by atoms with Crippen LogP contribution in [0.1, 0.15) is 26.7 Å². The molecule has 0 amide bonds. The fourth-order valence-corrected chi connectivity index (χ4v) is 2.70. The van der Waals surface area contributed by atoms with Gasteiger partial charge in [0.1, 0.15) is 12.2 Å². The van der Waals surface area contributed by atoms with E-state index in [1.165, 1.54) is 0 Å². The summed E-state index contributed by atoms with van der Waals surface area (Å²) in [5.41, 5.74) is 0. The van der Waals surface area contributed by atoms with Crippen LogP contribution in [0.15, 0.2) is 0 Å². The van der Waals surface area contributed by atoms with Crippen LogP contribution in [0.4, 0.5) is 0 Å². The summed E-state index contributed by atoms with van der Waals surface area (Å²) in [6.45, 7) is 3.81. The molecule has 0 N–H and O–H groups in total. The zero-order valence-electron chi connectivity index (χ0n) is 8.36. The van der Waals surface area contributed by atoms with Gasteiger partial charge in [-0.1, -0.05) is 0 Å². The van der Waals surface area contributed by atoms with Gasteiger partial charge in [-0.25, -0.2) is 0 Å². The zero-order valence-corrected chi connectivity index (χ0v) is 8.36. The monoisotopic (exact) mass is 198 g/mol. The lowest BCUT2D eigenvalue weighted by molar-refractivity contribution is -0.166. The number of carbonyl (C=O) groups is 1. The topological polar surface area (TPSA) is 44.8 Å². The van der Waals surface area contributed by atoms with E-state index in [0.717, 1.165) is 12.8 Å². The molecule has 0 spiro atoms. The van der Waals surface area contributed by atoms with Gasteiger partial charge in [-0.2, -0.15) is 0 Å². The van der Waals surface area contributed by atoms with Crippen LogP contribution in [-0.4, -0.2) is 30.1 Å². The van der Waals surface area contributed by atoms with Gasteiger partial charge in [0, 0.05) is 6.42 Å². The molecular formula is C10H14O4. The second-order valence-corrected chi connectivity index (χ2v) is 4.78. The Morgan fingerprint density at radius 1 is 1.21 bits per heavy atom. The standard InChI is InChI=1S/C10H14O4/c1-10(2)13-7-4-5-3-6(8(7)14-10)12-9(5)11/h5-8H,3-4H2,1-2H3/t5-,6+,7+,8-/m1/s1. The first-order chi connectivity index (χ1) is 6.55. The SMILES string of the molecule is CC1(C)O[C@@H]2[C@@H]3C[C@H](C[C@@H]2O1)C(=O)O3. The first-order valence-corrected chi connectivity index (χ1v) is 5.11. The predicted molar refractivity (Wildman–Crippen MR) is 46.4 cm³/mol. The average molecular weight is 198 g/mol. The molecule has 0 aromatic carbocycles. The molecule has 3 aliphatic rings. The van der Waals surface area contributed by atoms with Gasteiger partial charge >= 0.3 is 5.97 Å². The highest BCUT2D eigenvalue weighted by molar-refractivity contribution is 5.75. The molecule has 78 valence electrons. The number of ether oxygens (including phenoxy) is 3. The van der Waals surface area contributed by atoms with Crippen molar-refractivity contribution in [2.45, 2.75) is 50.8 Å². The van der Waals surface area contributed by atoms with Crippen LogP contribution in [-0.2, 0) is 19.0 Å². The van der Waals surface area contributed by atoms with Crippen LogP contribution in [0.25, 0.3) is 0 Å². The van der Waals surface area contributed by atoms with E-state index in [1.807, 2.05) is 13.8 Å². The summed E-state index contributed by atoms with van der Waals surface area (Å²) >= 11 is 0. The molecule has 14 heavy (non-hydrogen) atoms. The second kappa shape index (κ2) is 2.49. The Morgan fingerprint density at radius 3 is 2.71 bits per heavy atom. The molecule has 3 rings (SSSR count). The number of hydrogen-bond donors (Lipinski definition) is 0. The summed E-state index contributed by atoms with van der Waals surface area (Å²) in [6, 6.07) is 0. The van der Waals surface area contributed by atoms with Crippen molar-refractivity contribution in [3.63, 3.8) is 0 Å². The van der Waals surface area contributed by atoms with Gasteiger partial charge in [-0.15, -0.1) is 0 Å². The number of esters is 1. The molecule has 2 bridgehead atoms. The number of carbonyl (C=O) groups excluding carboxylic acids is 1. The third-order valence-electron chi connectivity index (χ3n) is 3.22. The Kier molecular flexibility index (Phi) is 1.55. The maximum atomic E-state index is 11.3. The van der Waals surface area contributed by atoms with E-state index >= 15 is 0 Å². The van der Waals surface area contributed by atoms with E-state index < -0.39 is 5.79 Å². The van der Waals surface area contributed by atoms with Crippen LogP contribution >= 0.6 is 0 Å². The van der Waals surface area contributed by atoms with Crippen LogP contribution < -0.4 is 0 Å². The predicted octanol–water partition coefficient (Wildman–Crippen LogP) is 0.842. The normalized spacial score (nSPS) is 48.9. The van der Waals surface area contributed by atoms with E-state index in [9.17, 15) is 4.79 Å². The van der Waals surface area contributed by atoms with Gasteiger partial charge in [0.25, 0.3) is 0 Å².